The molecule has 8 heteroatoms. The molecule has 8 nitrogen and oxygen atoms in total. The van der Waals surface area contributed by atoms with Gasteiger partial charge in [0.15, 0.2) is 0 Å². The summed E-state index contributed by atoms with van der Waals surface area (Å²) in [4.78, 5) is 35.7. The molecule has 0 aliphatic rings. The Balaban J connectivity index is 4.81. The second-order valence-corrected chi connectivity index (χ2v) is 6.69. The Morgan fingerprint density at radius 3 is 1.83 bits per heavy atom. The van der Waals surface area contributed by atoms with Crippen LogP contribution in [0, 0.1) is 11.8 Å². The molecule has 0 aromatic rings. The molecule has 0 saturated heterocycles. The van der Waals surface area contributed by atoms with Crippen LogP contribution in [0.4, 0.5) is 0 Å². The van der Waals surface area contributed by atoms with E-state index in [4.69, 9.17) is 11.5 Å². The average Bonchev–Trinajstić information content (AvgIpc) is 2.48. The van der Waals surface area contributed by atoms with Crippen LogP contribution < -0.4 is 22.1 Å². The van der Waals surface area contributed by atoms with E-state index in [-0.39, 0.29) is 11.8 Å². The van der Waals surface area contributed by atoms with Crippen molar-refractivity contribution in [3.8, 4) is 0 Å². The molecule has 140 valence electrons. The van der Waals surface area contributed by atoms with E-state index < -0.39 is 35.9 Å². The fourth-order valence-electron chi connectivity index (χ4n) is 2.19. The third-order valence-corrected chi connectivity index (χ3v) is 3.78. The zero-order chi connectivity index (χ0) is 18.9. The van der Waals surface area contributed by atoms with Crippen molar-refractivity contribution >= 4 is 17.8 Å². The first-order valence-electron chi connectivity index (χ1n) is 8.41. The van der Waals surface area contributed by atoms with Crippen molar-refractivity contribution in [3.63, 3.8) is 0 Å². The Labute approximate surface area is 143 Å². The number of nitrogens with two attached hydrogens (primary N) is 2. The van der Waals surface area contributed by atoms with E-state index >= 15 is 0 Å². The molecule has 24 heavy (non-hydrogen) atoms. The monoisotopic (exact) mass is 344 g/mol. The molecule has 0 aliphatic heterocycles. The summed E-state index contributed by atoms with van der Waals surface area (Å²) in [6.45, 7) is 7.49. The number of carboxylic acid groups (broad SMARTS) is 1. The smallest absolute Gasteiger partial charge is 0.326 e. The lowest BCUT2D eigenvalue weighted by Gasteiger charge is -2.26. The lowest BCUT2D eigenvalue weighted by Crippen LogP contribution is -2.57. The third kappa shape index (κ3) is 7.74. The maximum Gasteiger partial charge on any atom is 0.326 e. The van der Waals surface area contributed by atoms with Crippen molar-refractivity contribution in [1.82, 2.24) is 10.6 Å². The third-order valence-electron chi connectivity index (χ3n) is 3.78. The zero-order valence-electron chi connectivity index (χ0n) is 15.0. The van der Waals surface area contributed by atoms with E-state index in [0.717, 1.165) is 12.8 Å². The summed E-state index contributed by atoms with van der Waals surface area (Å²) < 4.78 is 0. The number of amides is 2. The molecular formula is C16H32N4O4. The van der Waals surface area contributed by atoms with Crippen LogP contribution in [0.1, 0.15) is 47.0 Å². The van der Waals surface area contributed by atoms with Gasteiger partial charge in [-0.05, 0) is 31.2 Å². The SMILES string of the molecule is CC(C)[C@H](NC(=O)[C@@H](NC(=O)[C@@H](N)CCCCN)C(C)C)C(=O)O. The highest BCUT2D eigenvalue weighted by atomic mass is 16.4. The Bertz CT molecular complexity index is 426. The Morgan fingerprint density at radius 2 is 1.42 bits per heavy atom. The molecule has 0 fully saturated rings. The minimum Gasteiger partial charge on any atom is -0.480 e. The van der Waals surface area contributed by atoms with Gasteiger partial charge in [0.25, 0.3) is 0 Å². The van der Waals surface area contributed by atoms with Crippen molar-refractivity contribution < 1.29 is 19.5 Å². The average molecular weight is 344 g/mol. The molecular weight excluding hydrogens is 312 g/mol. The van der Waals surface area contributed by atoms with E-state index in [1.54, 1.807) is 27.7 Å². The summed E-state index contributed by atoms with van der Waals surface area (Å²) in [7, 11) is 0. The second-order valence-electron chi connectivity index (χ2n) is 6.69. The summed E-state index contributed by atoms with van der Waals surface area (Å²) in [5, 5.41) is 14.3. The molecule has 0 saturated carbocycles. The molecule has 0 radical (unpaired) electrons. The van der Waals surface area contributed by atoms with E-state index in [0.29, 0.717) is 13.0 Å². The highest BCUT2D eigenvalue weighted by molar-refractivity contribution is 5.91. The number of carbonyl (C=O) groups excluding carboxylic acids is 2. The van der Waals surface area contributed by atoms with Gasteiger partial charge in [0, 0.05) is 0 Å². The van der Waals surface area contributed by atoms with Gasteiger partial charge in [0.05, 0.1) is 6.04 Å². The quantitative estimate of drug-likeness (QED) is 0.328. The predicted molar refractivity (Wildman–Crippen MR) is 92.1 cm³/mol. The van der Waals surface area contributed by atoms with Gasteiger partial charge in [-0.25, -0.2) is 4.79 Å². The van der Waals surface area contributed by atoms with Crippen molar-refractivity contribution in [2.24, 2.45) is 23.3 Å². The minimum absolute atomic E-state index is 0.202. The molecule has 7 N–H and O–H groups in total. The van der Waals surface area contributed by atoms with E-state index in [2.05, 4.69) is 10.6 Å². The largest absolute Gasteiger partial charge is 0.480 e. The summed E-state index contributed by atoms with van der Waals surface area (Å²) in [6, 6.07) is -2.56. The van der Waals surface area contributed by atoms with Gasteiger partial charge < -0.3 is 27.2 Å². The van der Waals surface area contributed by atoms with Crippen LogP contribution in [0.5, 0.6) is 0 Å². The van der Waals surface area contributed by atoms with Gasteiger partial charge in [-0.15, -0.1) is 0 Å². The Kier molecular flexibility index (Phi) is 10.2. The molecule has 0 rings (SSSR count). The van der Waals surface area contributed by atoms with Crippen LogP contribution in [-0.4, -0.2) is 47.6 Å². The normalized spacial score (nSPS) is 15.0. The van der Waals surface area contributed by atoms with Gasteiger partial charge >= 0.3 is 5.97 Å². The molecule has 2 amide bonds. The number of nitrogens with one attached hydrogen (secondary N) is 2. The van der Waals surface area contributed by atoms with Crippen molar-refractivity contribution in [3.05, 3.63) is 0 Å². The summed E-state index contributed by atoms with van der Waals surface area (Å²) in [5.41, 5.74) is 11.2. The second kappa shape index (κ2) is 11.0. The van der Waals surface area contributed by atoms with Gasteiger partial charge in [0.2, 0.25) is 11.8 Å². The number of hydrogen-bond acceptors (Lipinski definition) is 5. The molecule has 0 spiro atoms. The molecule has 0 aliphatic carbocycles. The Morgan fingerprint density at radius 1 is 0.917 bits per heavy atom. The molecule has 3 atom stereocenters. The first-order valence-corrected chi connectivity index (χ1v) is 8.41. The summed E-state index contributed by atoms with van der Waals surface area (Å²) in [5.74, 6) is -2.52. The number of hydrogen-bond donors (Lipinski definition) is 5. The molecule has 0 aromatic carbocycles. The van der Waals surface area contributed by atoms with Gasteiger partial charge in [-0.1, -0.05) is 34.1 Å². The number of carbonyl (C=O) groups is 3. The van der Waals surface area contributed by atoms with E-state index in [1.165, 1.54) is 0 Å². The first-order chi connectivity index (χ1) is 11.1. The van der Waals surface area contributed by atoms with Gasteiger partial charge in [-0.2, -0.15) is 0 Å². The van der Waals surface area contributed by atoms with Crippen LogP contribution in [0.15, 0.2) is 0 Å². The first kappa shape index (κ1) is 22.3. The highest BCUT2D eigenvalue weighted by Crippen LogP contribution is 2.07. The standard InChI is InChI=1S/C16H32N4O4/c1-9(2)12(15(22)20-13(10(3)4)16(23)24)19-14(21)11(18)7-5-6-8-17/h9-13H,5-8,17-18H2,1-4H3,(H,19,21)(H,20,22)(H,23,24)/t11-,12-,13-/m0/s1. The number of rotatable bonds is 11. The predicted octanol–water partition coefficient (Wildman–Crippen LogP) is -0.191. The topological polar surface area (TPSA) is 148 Å². The molecule has 0 unspecified atom stereocenters. The fourth-order valence-corrected chi connectivity index (χ4v) is 2.19. The maximum absolute atomic E-state index is 12.4. The minimum atomic E-state index is -1.11. The van der Waals surface area contributed by atoms with Gasteiger partial charge in [0.1, 0.15) is 12.1 Å². The maximum atomic E-state index is 12.4. The molecule has 0 aromatic heterocycles. The summed E-state index contributed by atoms with van der Waals surface area (Å²) >= 11 is 0. The lowest BCUT2D eigenvalue weighted by atomic mass is 9.99. The van der Waals surface area contributed by atoms with E-state index in [9.17, 15) is 19.5 Å². The van der Waals surface area contributed by atoms with Crippen molar-refractivity contribution in [2.45, 2.75) is 65.1 Å². The summed E-state index contributed by atoms with van der Waals surface area (Å²) in [6.07, 6.45) is 2.00. The van der Waals surface area contributed by atoms with Crippen LogP contribution in [0.2, 0.25) is 0 Å². The van der Waals surface area contributed by atoms with Crippen LogP contribution >= 0.6 is 0 Å². The number of carboxylic acids is 1. The van der Waals surface area contributed by atoms with Crippen molar-refractivity contribution in [2.75, 3.05) is 6.54 Å². The van der Waals surface area contributed by atoms with Gasteiger partial charge in [-0.3, -0.25) is 9.59 Å². The van der Waals surface area contributed by atoms with Crippen molar-refractivity contribution in [1.29, 1.82) is 0 Å². The zero-order valence-corrected chi connectivity index (χ0v) is 15.0. The molecule has 0 heterocycles. The van der Waals surface area contributed by atoms with Crippen LogP contribution in [-0.2, 0) is 14.4 Å². The van der Waals surface area contributed by atoms with Crippen LogP contribution in [0.3, 0.4) is 0 Å². The fraction of sp³-hybridized carbons (Fsp3) is 0.812. The van der Waals surface area contributed by atoms with E-state index in [1.807, 2.05) is 0 Å². The highest BCUT2D eigenvalue weighted by Gasteiger charge is 2.30. The molecule has 0 bridgehead atoms. The number of unbranched alkanes of at least 4 members (excludes halogenated alkanes) is 1. The van der Waals surface area contributed by atoms with Crippen LogP contribution in [0.25, 0.3) is 0 Å². The lowest BCUT2D eigenvalue weighted by molar-refractivity contribution is -0.143. The number of aliphatic carboxylic acids is 1. The Hall–Kier alpha value is -1.67.